The molecule has 5 heteroatoms. The number of hydrogen-bond acceptors (Lipinski definition) is 5. The Bertz CT molecular complexity index is 1270. The third-order valence-electron chi connectivity index (χ3n) is 8.43. The van der Waals surface area contributed by atoms with Crippen LogP contribution in [0.2, 0.25) is 0 Å². The Balaban J connectivity index is 1.37. The standard InChI is InChI=1S/C34H39N3O2/c1-35(2)29-17-18-30-32(23-29)33(39-34(30)38)24-31(25-9-13-27(14-10-25)36-19-5-3-6-20-36)26-11-15-28(16-12-26)37-21-7-4-8-22-37/h9-18,23-24,33H,3-8,19-22H2,1-2H3. The molecular weight excluding hydrogens is 482 g/mol. The van der Waals surface area contributed by atoms with E-state index < -0.39 is 6.10 Å². The molecule has 3 aliphatic heterocycles. The molecule has 39 heavy (non-hydrogen) atoms. The largest absolute Gasteiger partial charge is 0.450 e. The summed E-state index contributed by atoms with van der Waals surface area (Å²) in [6, 6.07) is 23.8. The van der Waals surface area contributed by atoms with Gasteiger partial charge < -0.3 is 19.4 Å². The summed E-state index contributed by atoms with van der Waals surface area (Å²) in [4.78, 5) is 19.8. The van der Waals surface area contributed by atoms with Crippen LogP contribution in [0.4, 0.5) is 17.1 Å². The van der Waals surface area contributed by atoms with E-state index in [1.165, 1.54) is 49.9 Å². The summed E-state index contributed by atoms with van der Waals surface area (Å²) >= 11 is 0. The lowest BCUT2D eigenvalue weighted by Crippen LogP contribution is -2.29. The zero-order valence-corrected chi connectivity index (χ0v) is 23.2. The molecule has 0 aliphatic carbocycles. The Hall–Kier alpha value is -3.73. The van der Waals surface area contributed by atoms with Crippen molar-refractivity contribution in [2.24, 2.45) is 0 Å². The van der Waals surface area contributed by atoms with E-state index in [0.29, 0.717) is 5.56 Å². The highest BCUT2D eigenvalue weighted by molar-refractivity contribution is 5.95. The second-order valence-electron chi connectivity index (χ2n) is 11.3. The molecule has 0 bridgehead atoms. The van der Waals surface area contributed by atoms with Gasteiger partial charge in [-0.25, -0.2) is 4.79 Å². The van der Waals surface area contributed by atoms with Gasteiger partial charge in [0.05, 0.1) is 5.56 Å². The lowest BCUT2D eigenvalue weighted by Gasteiger charge is -2.29. The topological polar surface area (TPSA) is 36.0 Å². The smallest absolute Gasteiger partial charge is 0.339 e. The van der Waals surface area contributed by atoms with E-state index >= 15 is 0 Å². The number of rotatable bonds is 6. The fourth-order valence-corrected chi connectivity index (χ4v) is 6.13. The summed E-state index contributed by atoms with van der Waals surface area (Å²) in [6.07, 6.45) is 9.41. The minimum atomic E-state index is -0.425. The molecule has 2 saturated heterocycles. The molecule has 1 atom stereocenters. The molecule has 0 radical (unpaired) electrons. The number of piperidine rings is 2. The second-order valence-corrected chi connectivity index (χ2v) is 11.3. The summed E-state index contributed by atoms with van der Waals surface area (Å²) in [5, 5.41) is 0. The minimum Gasteiger partial charge on any atom is -0.450 e. The summed E-state index contributed by atoms with van der Waals surface area (Å²) in [5.74, 6) is -0.253. The maximum Gasteiger partial charge on any atom is 0.339 e. The molecule has 3 aliphatic rings. The van der Waals surface area contributed by atoms with Crippen LogP contribution >= 0.6 is 0 Å². The van der Waals surface area contributed by atoms with Crippen molar-refractivity contribution < 1.29 is 9.53 Å². The summed E-state index contributed by atoms with van der Waals surface area (Å²) in [6.45, 7) is 4.51. The summed E-state index contributed by atoms with van der Waals surface area (Å²) < 4.78 is 5.93. The summed E-state index contributed by atoms with van der Waals surface area (Å²) in [7, 11) is 4.03. The van der Waals surface area contributed by atoms with Gasteiger partial charge in [0.2, 0.25) is 0 Å². The molecule has 0 saturated carbocycles. The number of benzene rings is 3. The predicted octanol–water partition coefficient (Wildman–Crippen LogP) is 7.08. The molecule has 1 unspecified atom stereocenters. The van der Waals surface area contributed by atoms with Gasteiger partial charge in [-0.1, -0.05) is 24.3 Å². The number of cyclic esters (lactones) is 1. The maximum absolute atomic E-state index is 12.8. The van der Waals surface area contributed by atoms with Crippen LogP contribution in [0.25, 0.3) is 5.57 Å². The SMILES string of the molecule is CN(C)c1ccc2c(c1)C(C=C(c1ccc(N3CCCCC3)cc1)c1ccc(N3CCCCC3)cc1)OC2=O. The number of carbonyl (C=O) groups excluding carboxylic acids is 1. The van der Waals surface area contributed by atoms with E-state index in [-0.39, 0.29) is 5.97 Å². The molecular formula is C34H39N3O2. The van der Waals surface area contributed by atoms with Gasteiger partial charge in [0.15, 0.2) is 0 Å². The van der Waals surface area contributed by atoms with Gasteiger partial charge in [-0.2, -0.15) is 0 Å². The number of anilines is 3. The molecule has 0 amide bonds. The van der Waals surface area contributed by atoms with Crippen molar-refractivity contribution in [3.05, 3.63) is 95.1 Å². The van der Waals surface area contributed by atoms with E-state index in [4.69, 9.17) is 4.74 Å². The Morgan fingerprint density at radius 3 is 1.74 bits per heavy atom. The van der Waals surface area contributed by atoms with Gasteiger partial charge in [-0.15, -0.1) is 0 Å². The molecule has 5 nitrogen and oxygen atoms in total. The molecule has 3 aromatic carbocycles. The van der Waals surface area contributed by atoms with Gasteiger partial charge in [0.1, 0.15) is 6.10 Å². The lowest BCUT2D eigenvalue weighted by molar-refractivity contribution is 0.0468. The van der Waals surface area contributed by atoms with Crippen LogP contribution in [-0.2, 0) is 4.74 Å². The van der Waals surface area contributed by atoms with Crippen LogP contribution in [0, 0.1) is 0 Å². The highest BCUT2D eigenvalue weighted by atomic mass is 16.5. The lowest BCUT2D eigenvalue weighted by atomic mass is 9.93. The Kier molecular flexibility index (Phi) is 7.32. The average Bonchev–Trinajstić information content (AvgIpc) is 3.31. The third-order valence-corrected chi connectivity index (χ3v) is 8.43. The molecule has 0 spiro atoms. The van der Waals surface area contributed by atoms with Gasteiger partial charge in [0.25, 0.3) is 0 Å². The van der Waals surface area contributed by atoms with Crippen LogP contribution in [0.5, 0.6) is 0 Å². The maximum atomic E-state index is 12.8. The van der Waals surface area contributed by atoms with E-state index in [2.05, 4.69) is 75.4 Å². The number of hydrogen-bond donors (Lipinski definition) is 0. The van der Waals surface area contributed by atoms with Crippen molar-refractivity contribution in [2.75, 3.05) is 55.0 Å². The molecule has 0 N–H and O–H groups in total. The fraction of sp³-hybridized carbons (Fsp3) is 0.382. The Morgan fingerprint density at radius 1 is 0.744 bits per heavy atom. The number of fused-ring (bicyclic) bond motifs is 1. The number of carbonyl (C=O) groups is 1. The predicted molar refractivity (Wildman–Crippen MR) is 161 cm³/mol. The first-order valence-electron chi connectivity index (χ1n) is 14.5. The fourth-order valence-electron chi connectivity index (χ4n) is 6.13. The number of esters is 1. The molecule has 3 aromatic rings. The monoisotopic (exact) mass is 521 g/mol. The molecule has 2 fully saturated rings. The van der Waals surface area contributed by atoms with Crippen LogP contribution in [0.3, 0.4) is 0 Å². The zero-order chi connectivity index (χ0) is 26.8. The second kappa shape index (κ2) is 11.2. The van der Waals surface area contributed by atoms with E-state index in [9.17, 15) is 4.79 Å². The first-order chi connectivity index (χ1) is 19.1. The molecule has 0 aromatic heterocycles. The van der Waals surface area contributed by atoms with Crippen LogP contribution in [0.15, 0.2) is 72.8 Å². The van der Waals surface area contributed by atoms with Crippen molar-refractivity contribution in [2.45, 2.75) is 44.6 Å². The third kappa shape index (κ3) is 5.40. The minimum absolute atomic E-state index is 0.253. The number of nitrogens with zero attached hydrogens (tertiary/aromatic N) is 3. The quantitative estimate of drug-likeness (QED) is 0.324. The van der Waals surface area contributed by atoms with Gasteiger partial charge >= 0.3 is 5.97 Å². The van der Waals surface area contributed by atoms with Crippen molar-refractivity contribution in [3.8, 4) is 0 Å². The van der Waals surface area contributed by atoms with Crippen molar-refractivity contribution in [3.63, 3.8) is 0 Å². The normalized spacial score (nSPS) is 18.9. The van der Waals surface area contributed by atoms with Crippen LogP contribution in [-0.4, -0.2) is 46.2 Å². The van der Waals surface area contributed by atoms with Crippen LogP contribution in [0.1, 0.15) is 71.7 Å². The number of ether oxygens (including phenoxy) is 1. The summed E-state index contributed by atoms with van der Waals surface area (Å²) in [5.41, 5.74) is 8.57. The van der Waals surface area contributed by atoms with Crippen LogP contribution < -0.4 is 14.7 Å². The van der Waals surface area contributed by atoms with Crippen molar-refractivity contribution in [1.29, 1.82) is 0 Å². The first kappa shape index (κ1) is 25.5. The molecule has 6 rings (SSSR count). The Morgan fingerprint density at radius 2 is 1.26 bits per heavy atom. The first-order valence-corrected chi connectivity index (χ1v) is 14.5. The average molecular weight is 522 g/mol. The molecule has 3 heterocycles. The van der Waals surface area contributed by atoms with Gasteiger partial charge in [0, 0.05) is 62.9 Å². The Labute approximate surface area is 232 Å². The van der Waals surface area contributed by atoms with Gasteiger partial charge in [-0.3, -0.25) is 0 Å². The van der Waals surface area contributed by atoms with Crippen molar-refractivity contribution >= 4 is 28.6 Å². The van der Waals surface area contributed by atoms with Gasteiger partial charge in [-0.05, 0) is 104 Å². The van der Waals surface area contributed by atoms with E-state index in [1.54, 1.807) is 0 Å². The zero-order valence-electron chi connectivity index (χ0n) is 23.2. The highest BCUT2D eigenvalue weighted by Gasteiger charge is 2.31. The molecule has 202 valence electrons. The van der Waals surface area contributed by atoms with Crippen molar-refractivity contribution in [1.82, 2.24) is 0 Å². The van der Waals surface area contributed by atoms with E-state index in [0.717, 1.165) is 54.1 Å². The highest BCUT2D eigenvalue weighted by Crippen LogP contribution is 2.38. The van der Waals surface area contributed by atoms with E-state index in [1.807, 2.05) is 26.2 Å².